The van der Waals surface area contributed by atoms with E-state index < -0.39 is 0 Å². The topological polar surface area (TPSA) is 12.4 Å². The van der Waals surface area contributed by atoms with Crippen LogP contribution in [0.25, 0.3) is 0 Å². The summed E-state index contributed by atoms with van der Waals surface area (Å²) >= 11 is 1.62. The van der Waals surface area contributed by atoms with Gasteiger partial charge in [-0.15, -0.1) is 0 Å². The number of allylic oxidation sites excluding steroid dienone is 3. The molecule has 0 spiro atoms. The molecule has 1 rings (SSSR count). The van der Waals surface area contributed by atoms with Crippen molar-refractivity contribution in [2.24, 2.45) is 4.40 Å². The molecule has 0 aromatic heterocycles. The van der Waals surface area contributed by atoms with E-state index in [0.717, 1.165) is 6.42 Å². The third-order valence-electron chi connectivity index (χ3n) is 3.47. The SMILES string of the molecule is CCCCCCC1=CSN=C(CCCCCC)C=C1. The molecule has 0 aliphatic carbocycles. The molecular formula is C17H29NS. The van der Waals surface area contributed by atoms with Gasteiger partial charge in [-0.1, -0.05) is 58.4 Å². The van der Waals surface area contributed by atoms with E-state index in [-0.39, 0.29) is 0 Å². The largest absolute Gasteiger partial charge is 0.217 e. The summed E-state index contributed by atoms with van der Waals surface area (Å²) in [5, 5.41) is 2.22. The number of nitrogens with zero attached hydrogens (tertiary/aromatic N) is 1. The molecule has 0 fully saturated rings. The van der Waals surface area contributed by atoms with Crippen molar-refractivity contribution in [1.82, 2.24) is 0 Å². The molecule has 0 saturated heterocycles. The van der Waals surface area contributed by atoms with Crippen molar-refractivity contribution >= 4 is 17.7 Å². The zero-order chi connectivity index (χ0) is 13.8. The van der Waals surface area contributed by atoms with Crippen molar-refractivity contribution in [3.8, 4) is 0 Å². The summed E-state index contributed by atoms with van der Waals surface area (Å²) in [6.45, 7) is 4.52. The van der Waals surface area contributed by atoms with E-state index in [1.807, 2.05) is 0 Å². The highest BCUT2D eigenvalue weighted by molar-refractivity contribution is 8.01. The molecule has 1 aliphatic rings. The number of hydrogen-bond donors (Lipinski definition) is 0. The lowest BCUT2D eigenvalue weighted by Gasteiger charge is -2.00. The van der Waals surface area contributed by atoms with Crippen LogP contribution in [0.2, 0.25) is 0 Å². The van der Waals surface area contributed by atoms with Gasteiger partial charge in [-0.3, -0.25) is 0 Å². The molecule has 0 atom stereocenters. The van der Waals surface area contributed by atoms with Crippen molar-refractivity contribution in [3.63, 3.8) is 0 Å². The molecule has 108 valence electrons. The molecule has 0 unspecified atom stereocenters. The summed E-state index contributed by atoms with van der Waals surface area (Å²) in [5.74, 6) is 0. The van der Waals surface area contributed by atoms with Gasteiger partial charge in [-0.2, -0.15) is 0 Å². The van der Waals surface area contributed by atoms with Crippen molar-refractivity contribution in [3.05, 3.63) is 23.1 Å². The van der Waals surface area contributed by atoms with Crippen molar-refractivity contribution in [2.75, 3.05) is 0 Å². The number of unbranched alkanes of at least 4 members (excludes halogenated alkanes) is 6. The van der Waals surface area contributed by atoms with Gasteiger partial charge < -0.3 is 0 Å². The third-order valence-corrected chi connectivity index (χ3v) is 4.22. The minimum atomic E-state index is 1.14. The van der Waals surface area contributed by atoms with E-state index >= 15 is 0 Å². The van der Waals surface area contributed by atoms with E-state index in [0.29, 0.717) is 0 Å². The van der Waals surface area contributed by atoms with Crippen molar-refractivity contribution in [2.45, 2.75) is 78.1 Å². The quantitative estimate of drug-likeness (QED) is 0.330. The van der Waals surface area contributed by atoms with Crippen LogP contribution in [0.15, 0.2) is 27.5 Å². The maximum atomic E-state index is 4.59. The third kappa shape index (κ3) is 8.30. The summed E-state index contributed by atoms with van der Waals surface area (Å²) in [5.41, 5.74) is 2.72. The highest BCUT2D eigenvalue weighted by atomic mass is 32.2. The van der Waals surface area contributed by atoms with Crippen LogP contribution < -0.4 is 0 Å². The minimum absolute atomic E-state index is 1.14. The first kappa shape index (κ1) is 16.6. The molecule has 0 N–H and O–H groups in total. The highest BCUT2D eigenvalue weighted by Crippen LogP contribution is 2.21. The van der Waals surface area contributed by atoms with Gasteiger partial charge in [-0.05, 0) is 42.7 Å². The predicted octanol–water partition coefficient (Wildman–Crippen LogP) is 6.47. The van der Waals surface area contributed by atoms with E-state index in [9.17, 15) is 0 Å². The van der Waals surface area contributed by atoms with Crippen LogP contribution in [0.3, 0.4) is 0 Å². The minimum Gasteiger partial charge on any atom is -0.217 e. The van der Waals surface area contributed by atoms with Crippen molar-refractivity contribution in [1.29, 1.82) is 0 Å². The summed E-state index contributed by atoms with van der Waals surface area (Å²) in [7, 11) is 0. The Morgan fingerprint density at radius 2 is 1.53 bits per heavy atom. The fraction of sp³-hybridized carbons (Fsp3) is 0.706. The van der Waals surface area contributed by atoms with Gasteiger partial charge in [0, 0.05) is 17.7 Å². The van der Waals surface area contributed by atoms with Gasteiger partial charge >= 0.3 is 0 Å². The number of rotatable bonds is 10. The summed E-state index contributed by atoms with van der Waals surface area (Å²) in [6, 6.07) is 0. The average molecular weight is 279 g/mol. The van der Waals surface area contributed by atoms with Crippen LogP contribution in [0.1, 0.15) is 78.1 Å². The second kappa shape index (κ2) is 11.3. The summed E-state index contributed by atoms with van der Waals surface area (Å²) in [4.78, 5) is 0. The second-order valence-corrected chi connectivity index (χ2v) is 5.96. The lowest BCUT2D eigenvalue weighted by Crippen LogP contribution is -1.92. The van der Waals surface area contributed by atoms with Crippen LogP contribution in [0, 0.1) is 0 Å². The Labute approximate surface area is 123 Å². The molecule has 0 amide bonds. The van der Waals surface area contributed by atoms with Gasteiger partial charge in [0.05, 0.1) is 0 Å². The molecule has 0 saturated carbocycles. The normalized spacial score (nSPS) is 15.1. The Bertz CT molecular complexity index is 285. The fourth-order valence-electron chi connectivity index (χ4n) is 2.19. The van der Waals surface area contributed by atoms with Crippen LogP contribution in [-0.2, 0) is 0 Å². The molecular weight excluding hydrogens is 250 g/mol. The molecule has 19 heavy (non-hydrogen) atoms. The first-order valence-electron chi connectivity index (χ1n) is 7.96. The Kier molecular flexibility index (Phi) is 9.88. The standard InChI is InChI=1S/C17H29NS/c1-3-5-7-9-11-16-13-14-17(18-19-15-16)12-10-8-6-4-2/h13-15H,3-12H2,1-2H3. The predicted molar refractivity (Wildman–Crippen MR) is 89.8 cm³/mol. The van der Waals surface area contributed by atoms with Crippen LogP contribution in [0.5, 0.6) is 0 Å². The highest BCUT2D eigenvalue weighted by Gasteiger charge is 2.01. The molecule has 1 aliphatic heterocycles. The van der Waals surface area contributed by atoms with Crippen LogP contribution in [-0.4, -0.2) is 5.71 Å². The van der Waals surface area contributed by atoms with E-state index in [4.69, 9.17) is 0 Å². The first-order valence-corrected chi connectivity index (χ1v) is 8.80. The summed E-state index contributed by atoms with van der Waals surface area (Å²) < 4.78 is 4.59. The summed E-state index contributed by atoms with van der Waals surface area (Å²) in [6.07, 6.45) is 17.5. The molecule has 0 aromatic rings. The Morgan fingerprint density at radius 1 is 0.842 bits per heavy atom. The Balaban J connectivity index is 2.22. The molecule has 0 radical (unpaired) electrons. The van der Waals surface area contributed by atoms with E-state index in [2.05, 4.69) is 35.8 Å². The van der Waals surface area contributed by atoms with Gasteiger partial charge in [0.2, 0.25) is 0 Å². The van der Waals surface area contributed by atoms with Crippen LogP contribution in [0.4, 0.5) is 0 Å². The Morgan fingerprint density at radius 3 is 2.21 bits per heavy atom. The zero-order valence-corrected chi connectivity index (χ0v) is 13.5. The van der Waals surface area contributed by atoms with Crippen LogP contribution >= 0.6 is 11.9 Å². The smallest absolute Gasteiger partial charge is 0.0490 e. The van der Waals surface area contributed by atoms with E-state index in [1.165, 1.54) is 69.1 Å². The van der Waals surface area contributed by atoms with Gasteiger partial charge in [0.15, 0.2) is 0 Å². The second-order valence-electron chi connectivity index (χ2n) is 5.34. The maximum absolute atomic E-state index is 4.59. The van der Waals surface area contributed by atoms with Gasteiger partial charge in [0.1, 0.15) is 0 Å². The fourth-order valence-corrected chi connectivity index (χ4v) is 2.87. The zero-order valence-electron chi connectivity index (χ0n) is 12.7. The lowest BCUT2D eigenvalue weighted by atomic mass is 10.1. The number of hydrogen-bond acceptors (Lipinski definition) is 2. The molecule has 1 nitrogen and oxygen atoms in total. The average Bonchev–Trinajstić information content (AvgIpc) is 2.65. The Hall–Kier alpha value is -0.500. The van der Waals surface area contributed by atoms with E-state index in [1.54, 1.807) is 11.9 Å². The molecule has 1 heterocycles. The van der Waals surface area contributed by atoms with Crippen molar-refractivity contribution < 1.29 is 0 Å². The van der Waals surface area contributed by atoms with Gasteiger partial charge in [0.25, 0.3) is 0 Å². The van der Waals surface area contributed by atoms with Gasteiger partial charge in [-0.25, -0.2) is 4.40 Å². The maximum Gasteiger partial charge on any atom is 0.0490 e. The monoisotopic (exact) mass is 279 g/mol. The lowest BCUT2D eigenvalue weighted by molar-refractivity contribution is 0.668. The molecule has 2 heteroatoms. The first-order chi connectivity index (χ1) is 9.36. The molecule has 0 bridgehead atoms. The molecule has 0 aromatic carbocycles.